The van der Waals surface area contributed by atoms with Crippen LogP contribution in [0.2, 0.25) is 0 Å². The fourth-order valence-corrected chi connectivity index (χ4v) is 19.6. The second-order valence-corrected chi connectivity index (χ2v) is 20.7. The maximum absolute atomic E-state index is 5.35. The summed E-state index contributed by atoms with van der Waals surface area (Å²) in [4.78, 5) is 15.5. The third-order valence-corrected chi connectivity index (χ3v) is 20.6. The summed E-state index contributed by atoms with van der Waals surface area (Å²) >= 11 is -3.70. The van der Waals surface area contributed by atoms with Crippen LogP contribution in [0, 0.1) is 0 Å². The molecule has 4 nitrogen and oxygen atoms in total. The summed E-state index contributed by atoms with van der Waals surface area (Å²) in [7, 11) is 0. The van der Waals surface area contributed by atoms with Crippen molar-refractivity contribution in [3.8, 4) is 22.5 Å². The number of anilines is 6. The van der Waals surface area contributed by atoms with Crippen molar-refractivity contribution in [3.63, 3.8) is 0 Å². The van der Waals surface area contributed by atoms with Crippen LogP contribution in [-0.2, 0) is 0 Å². The maximum atomic E-state index is 5.35. The van der Waals surface area contributed by atoms with Crippen LogP contribution in [0.4, 0.5) is 34.4 Å². The van der Waals surface area contributed by atoms with E-state index in [4.69, 9.17) is 9.97 Å². The van der Waals surface area contributed by atoms with Gasteiger partial charge in [-0.15, -0.1) is 0 Å². The Labute approximate surface area is 300 Å². The van der Waals surface area contributed by atoms with Crippen molar-refractivity contribution in [2.45, 2.75) is 0 Å². The molecule has 8 aromatic rings. The Morgan fingerprint density at radius 1 is 0.333 bits per heavy atom. The number of para-hydroxylation sites is 5. The van der Waals surface area contributed by atoms with Crippen molar-refractivity contribution in [3.05, 3.63) is 194 Å². The van der Waals surface area contributed by atoms with E-state index in [1.165, 1.54) is 29.0 Å². The number of hydrogen-bond donors (Lipinski definition) is 0. The molecule has 0 bridgehead atoms. The van der Waals surface area contributed by atoms with Crippen LogP contribution in [0.3, 0.4) is 0 Å². The van der Waals surface area contributed by atoms with Gasteiger partial charge in [-0.2, -0.15) is 0 Å². The number of nitrogens with zero attached hydrogens (tertiary/aromatic N) is 4. The van der Waals surface area contributed by atoms with Gasteiger partial charge in [-0.25, -0.2) is 0 Å². The van der Waals surface area contributed by atoms with Gasteiger partial charge < -0.3 is 0 Å². The Kier molecular flexibility index (Phi) is 6.96. The standard InChI is InChI=1S/C46H32GeN4/c1-4-18-33(19-5-1)40-32-41(34-20-6-2-7-21-34)49-46(48-40)51-44-30-16-12-26-38(44)47(39-27-13-17-31-45(39)51)36-24-10-14-28-42(36)50(35-22-8-3-9-23-35)43-29-15-11-25-37(43)47/h1-32H. The second-order valence-electron chi connectivity index (χ2n) is 13.0. The first-order chi connectivity index (χ1) is 25.3. The van der Waals surface area contributed by atoms with Gasteiger partial charge in [0, 0.05) is 0 Å². The zero-order valence-electron chi connectivity index (χ0n) is 27.8. The third kappa shape index (κ3) is 4.53. The van der Waals surface area contributed by atoms with Crippen LogP contribution >= 0.6 is 0 Å². The molecule has 10 rings (SSSR count). The molecule has 0 aliphatic carbocycles. The van der Waals surface area contributed by atoms with Gasteiger partial charge in [-0.3, -0.25) is 0 Å². The van der Waals surface area contributed by atoms with Crippen LogP contribution in [-0.4, -0.2) is 23.2 Å². The number of rotatable bonds is 4. The number of hydrogen-bond acceptors (Lipinski definition) is 4. The first kappa shape index (κ1) is 29.7. The molecule has 2 aliphatic rings. The van der Waals surface area contributed by atoms with Gasteiger partial charge in [0.05, 0.1) is 0 Å². The molecule has 1 spiro atoms. The summed E-state index contributed by atoms with van der Waals surface area (Å²) in [6.07, 6.45) is 0. The Morgan fingerprint density at radius 2 is 0.667 bits per heavy atom. The molecular weight excluding hydrogens is 681 g/mol. The van der Waals surface area contributed by atoms with Gasteiger partial charge in [0.25, 0.3) is 0 Å². The molecule has 0 fully saturated rings. The zero-order chi connectivity index (χ0) is 33.8. The molecule has 7 aromatic carbocycles. The molecule has 240 valence electrons. The third-order valence-electron chi connectivity index (χ3n) is 10.3. The van der Waals surface area contributed by atoms with E-state index in [1.807, 2.05) is 12.1 Å². The molecule has 3 heterocycles. The van der Waals surface area contributed by atoms with Crippen LogP contribution in [0.1, 0.15) is 0 Å². The van der Waals surface area contributed by atoms with E-state index in [9.17, 15) is 0 Å². The molecule has 0 atom stereocenters. The molecule has 0 N–H and O–H groups in total. The first-order valence-corrected chi connectivity index (χ1v) is 21.6. The number of benzene rings is 7. The average Bonchev–Trinajstić information content (AvgIpc) is 3.21. The fourth-order valence-electron chi connectivity index (χ4n) is 8.19. The van der Waals surface area contributed by atoms with Gasteiger partial charge in [0.1, 0.15) is 0 Å². The van der Waals surface area contributed by atoms with Crippen molar-refractivity contribution < 1.29 is 0 Å². The molecule has 1 aromatic heterocycles. The van der Waals surface area contributed by atoms with Crippen molar-refractivity contribution >= 4 is 65.2 Å². The van der Waals surface area contributed by atoms with Gasteiger partial charge in [-0.05, 0) is 0 Å². The minimum atomic E-state index is -3.70. The van der Waals surface area contributed by atoms with Crippen molar-refractivity contribution in [2.24, 2.45) is 0 Å². The second kappa shape index (κ2) is 12.0. The molecule has 0 saturated carbocycles. The van der Waals surface area contributed by atoms with E-state index in [0.29, 0.717) is 5.95 Å². The predicted molar refractivity (Wildman–Crippen MR) is 213 cm³/mol. The zero-order valence-corrected chi connectivity index (χ0v) is 29.9. The van der Waals surface area contributed by atoms with Gasteiger partial charge in [0.15, 0.2) is 0 Å². The van der Waals surface area contributed by atoms with Crippen LogP contribution in [0.25, 0.3) is 22.5 Å². The monoisotopic (exact) mass is 714 g/mol. The van der Waals surface area contributed by atoms with E-state index >= 15 is 0 Å². The topological polar surface area (TPSA) is 32.3 Å². The summed E-state index contributed by atoms with van der Waals surface area (Å²) in [5, 5.41) is 0. The van der Waals surface area contributed by atoms with E-state index in [0.717, 1.165) is 39.6 Å². The SMILES string of the molecule is c1ccc(-c2cc(-c3ccccc3)nc(N3c4cccc[c]4[Ge]4([c]5ccccc5N(c5ccccc5)c5cccc[c]54)[c]4ccccc43)n2)cc1. The van der Waals surface area contributed by atoms with Gasteiger partial charge in [0.2, 0.25) is 0 Å². The van der Waals surface area contributed by atoms with E-state index in [-0.39, 0.29) is 0 Å². The molecule has 0 radical (unpaired) electrons. The quantitative estimate of drug-likeness (QED) is 0.171. The molecule has 5 heteroatoms. The van der Waals surface area contributed by atoms with E-state index in [1.54, 1.807) is 0 Å². The Bertz CT molecular complexity index is 2400. The summed E-state index contributed by atoms with van der Waals surface area (Å²) in [5.74, 6) is 0.663. The Morgan fingerprint density at radius 3 is 1.08 bits per heavy atom. The van der Waals surface area contributed by atoms with E-state index < -0.39 is 13.3 Å². The molecule has 2 aliphatic heterocycles. The summed E-state index contributed by atoms with van der Waals surface area (Å²) in [5.41, 5.74) is 9.82. The molecule has 0 unspecified atom stereocenters. The molecule has 0 saturated heterocycles. The van der Waals surface area contributed by atoms with Crippen LogP contribution in [0.15, 0.2) is 194 Å². The molecule has 51 heavy (non-hydrogen) atoms. The summed E-state index contributed by atoms with van der Waals surface area (Å²) < 4.78 is 5.59. The molecular formula is C46H32GeN4. The van der Waals surface area contributed by atoms with Gasteiger partial charge >= 0.3 is 302 Å². The number of fused-ring (bicyclic) bond motifs is 8. The van der Waals surface area contributed by atoms with Crippen LogP contribution in [0.5, 0.6) is 0 Å². The first-order valence-electron chi connectivity index (χ1n) is 17.4. The Hall–Kier alpha value is -6.24. The van der Waals surface area contributed by atoms with Gasteiger partial charge in [-0.1, -0.05) is 0 Å². The van der Waals surface area contributed by atoms with Crippen LogP contribution < -0.4 is 27.4 Å². The van der Waals surface area contributed by atoms with Crippen molar-refractivity contribution in [1.29, 1.82) is 0 Å². The van der Waals surface area contributed by atoms with E-state index in [2.05, 4.69) is 192 Å². The van der Waals surface area contributed by atoms with Crippen molar-refractivity contribution in [2.75, 3.05) is 9.80 Å². The predicted octanol–water partition coefficient (Wildman–Crippen LogP) is 8.75. The number of aromatic nitrogens is 2. The Balaban J connectivity index is 1.28. The minimum absolute atomic E-state index is 0.663. The summed E-state index contributed by atoms with van der Waals surface area (Å²) in [6, 6.07) is 70.0. The van der Waals surface area contributed by atoms with Crippen molar-refractivity contribution in [1.82, 2.24) is 9.97 Å². The fraction of sp³-hybridized carbons (Fsp3) is 0. The summed E-state index contributed by atoms with van der Waals surface area (Å²) in [6.45, 7) is 0. The normalized spacial score (nSPS) is 13.6. The molecule has 0 amide bonds. The average molecular weight is 713 g/mol.